The lowest BCUT2D eigenvalue weighted by atomic mass is 9.91. The van der Waals surface area contributed by atoms with Crippen molar-refractivity contribution in [2.45, 2.75) is 44.7 Å². The van der Waals surface area contributed by atoms with Crippen LogP contribution in [0.3, 0.4) is 0 Å². The van der Waals surface area contributed by atoms with Crippen molar-refractivity contribution >= 4 is 5.82 Å². The SMILES string of the molecule is Cc1ccc(N[C@H]2CCCC[C@H]2N)nc1. The van der Waals surface area contributed by atoms with Crippen molar-refractivity contribution in [3.8, 4) is 0 Å². The predicted molar refractivity (Wildman–Crippen MR) is 62.8 cm³/mol. The first-order valence-electron chi connectivity index (χ1n) is 5.70. The van der Waals surface area contributed by atoms with Gasteiger partial charge in [0, 0.05) is 18.3 Å². The number of anilines is 1. The minimum absolute atomic E-state index is 0.279. The van der Waals surface area contributed by atoms with Crippen molar-refractivity contribution in [1.29, 1.82) is 0 Å². The van der Waals surface area contributed by atoms with Gasteiger partial charge in [-0.3, -0.25) is 0 Å². The molecular formula is C12H19N3. The Morgan fingerprint density at radius 2 is 2.13 bits per heavy atom. The van der Waals surface area contributed by atoms with Gasteiger partial charge in [0.15, 0.2) is 0 Å². The number of hydrogen-bond donors (Lipinski definition) is 2. The molecule has 0 saturated heterocycles. The fourth-order valence-electron chi connectivity index (χ4n) is 2.08. The second kappa shape index (κ2) is 4.62. The highest BCUT2D eigenvalue weighted by Crippen LogP contribution is 2.20. The molecule has 1 aliphatic rings. The fraction of sp³-hybridized carbons (Fsp3) is 0.583. The first kappa shape index (κ1) is 10.4. The van der Waals surface area contributed by atoms with Crippen LogP contribution < -0.4 is 11.1 Å². The smallest absolute Gasteiger partial charge is 0.126 e. The maximum atomic E-state index is 6.07. The van der Waals surface area contributed by atoms with Gasteiger partial charge in [-0.05, 0) is 31.4 Å². The molecular weight excluding hydrogens is 186 g/mol. The van der Waals surface area contributed by atoms with Gasteiger partial charge >= 0.3 is 0 Å². The third-order valence-corrected chi connectivity index (χ3v) is 3.06. The van der Waals surface area contributed by atoms with Crippen molar-refractivity contribution in [2.24, 2.45) is 5.73 Å². The average Bonchev–Trinajstić information content (AvgIpc) is 2.25. The normalized spacial score (nSPS) is 26.3. The van der Waals surface area contributed by atoms with Crippen molar-refractivity contribution in [1.82, 2.24) is 4.98 Å². The molecule has 0 aromatic carbocycles. The van der Waals surface area contributed by atoms with Gasteiger partial charge in [0.05, 0.1) is 0 Å². The van der Waals surface area contributed by atoms with Crippen molar-refractivity contribution in [3.05, 3.63) is 23.9 Å². The largest absolute Gasteiger partial charge is 0.366 e. The van der Waals surface area contributed by atoms with Crippen LogP contribution in [-0.2, 0) is 0 Å². The van der Waals surface area contributed by atoms with Gasteiger partial charge in [0.2, 0.25) is 0 Å². The quantitative estimate of drug-likeness (QED) is 0.777. The summed E-state index contributed by atoms with van der Waals surface area (Å²) < 4.78 is 0. The van der Waals surface area contributed by atoms with Crippen LogP contribution in [0.1, 0.15) is 31.2 Å². The molecule has 3 heteroatoms. The zero-order valence-electron chi connectivity index (χ0n) is 9.24. The summed E-state index contributed by atoms with van der Waals surface area (Å²) in [6, 6.07) is 4.77. The van der Waals surface area contributed by atoms with E-state index in [1.54, 1.807) is 0 Å². The summed E-state index contributed by atoms with van der Waals surface area (Å²) in [5.74, 6) is 0.947. The van der Waals surface area contributed by atoms with E-state index in [4.69, 9.17) is 5.73 Å². The van der Waals surface area contributed by atoms with E-state index in [1.165, 1.54) is 18.4 Å². The maximum absolute atomic E-state index is 6.07. The topological polar surface area (TPSA) is 50.9 Å². The van der Waals surface area contributed by atoms with Gasteiger partial charge < -0.3 is 11.1 Å². The summed E-state index contributed by atoms with van der Waals surface area (Å²) in [5.41, 5.74) is 7.25. The molecule has 0 unspecified atom stereocenters. The molecule has 0 spiro atoms. The number of nitrogens with two attached hydrogens (primary N) is 1. The number of pyridine rings is 1. The zero-order chi connectivity index (χ0) is 10.7. The molecule has 82 valence electrons. The molecule has 15 heavy (non-hydrogen) atoms. The summed E-state index contributed by atoms with van der Waals surface area (Å²) in [5, 5.41) is 3.42. The number of hydrogen-bond acceptors (Lipinski definition) is 3. The lowest BCUT2D eigenvalue weighted by Gasteiger charge is -2.29. The number of nitrogens with zero attached hydrogens (tertiary/aromatic N) is 1. The molecule has 1 heterocycles. The van der Waals surface area contributed by atoms with Gasteiger partial charge in [-0.2, -0.15) is 0 Å². The third-order valence-electron chi connectivity index (χ3n) is 3.06. The van der Waals surface area contributed by atoms with Crippen LogP contribution in [0.15, 0.2) is 18.3 Å². The molecule has 0 aliphatic heterocycles. The van der Waals surface area contributed by atoms with Gasteiger partial charge in [-0.1, -0.05) is 18.9 Å². The number of aromatic nitrogens is 1. The Morgan fingerprint density at radius 3 is 2.80 bits per heavy atom. The fourth-order valence-corrected chi connectivity index (χ4v) is 2.08. The van der Waals surface area contributed by atoms with Crippen LogP contribution in [0.4, 0.5) is 5.82 Å². The lowest BCUT2D eigenvalue weighted by Crippen LogP contribution is -2.42. The summed E-state index contributed by atoms with van der Waals surface area (Å²) >= 11 is 0. The molecule has 2 atom stereocenters. The Hall–Kier alpha value is -1.09. The third kappa shape index (κ3) is 2.69. The highest BCUT2D eigenvalue weighted by molar-refractivity contribution is 5.36. The first-order chi connectivity index (χ1) is 7.25. The summed E-state index contributed by atoms with van der Waals surface area (Å²) in [6.45, 7) is 2.04. The Balaban J connectivity index is 1.98. The lowest BCUT2D eigenvalue weighted by molar-refractivity contribution is 0.403. The Morgan fingerprint density at radius 1 is 1.33 bits per heavy atom. The minimum atomic E-state index is 0.279. The van der Waals surface area contributed by atoms with E-state index in [1.807, 2.05) is 19.2 Å². The summed E-state index contributed by atoms with van der Waals surface area (Å²) in [6.07, 6.45) is 6.72. The van der Waals surface area contributed by atoms with Crippen LogP contribution >= 0.6 is 0 Å². The van der Waals surface area contributed by atoms with Crippen molar-refractivity contribution in [2.75, 3.05) is 5.32 Å². The maximum Gasteiger partial charge on any atom is 0.126 e. The van der Waals surface area contributed by atoms with Gasteiger partial charge in [0.25, 0.3) is 0 Å². The van der Waals surface area contributed by atoms with Gasteiger partial charge in [0.1, 0.15) is 5.82 Å². The standard InChI is InChI=1S/C12H19N3/c1-9-6-7-12(14-8-9)15-11-5-3-2-4-10(11)13/h6-8,10-11H,2-5,13H2,1H3,(H,14,15)/t10-,11+/m1/s1. The van der Waals surface area contributed by atoms with E-state index in [0.29, 0.717) is 6.04 Å². The first-order valence-corrected chi connectivity index (χ1v) is 5.70. The molecule has 1 aromatic rings. The Kier molecular flexibility index (Phi) is 3.21. The average molecular weight is 205 g/mol. The van der Waals surface area contributed by atoms with Gasteiger partial charge in [-0.15, -0.1) is 0 Å². The highest BCUT2D eigenvalue weighted by Gasteiger charge is 2.21. The van der Waals surface area contributed by atoms with Crippen LogP contribution in [0.25, 0.3) is 0 Å². The number of rotatable bonds is 2. The zero-order valence-corrected chi connectivity index (χ0v) is 9.24. The monoisotopic (exact) mass is 205 g/mol. The molecule has 1 aromatic heterocycles. The second-order valence-corrected chi connectivity index (χ2v) is 4.42. The molecule has 0 bridgehead atoms. The van der Waals surface area contributed by atoms with Crippen LogP contribution in [-0.4, -0.2) is 17.1 Å². The van der Waals surface area contributed by atoms with Crippen molar-refractivity contribution in [3.63, 3.8) is 0 Å². The second-order valence-electron chi connectivity index (χ2n) is 4.42. The highest BCUT2D eigenvalue weighted by atomic mass is 15.0. The Bertz CT molecular complexity index is 307. The van der Waals surface area contributed by atoms with Crippen LogP contribution in [0.2, 0.25) is 0 Å². The van der Waals surface area contributed by atoms with Crippen molar-refractivity contribution < 1.29 is 0 Å². The molecule has 0 radical (unpaired) electrons. The van der Waals surface area contributed by atoms with E-state index < -0.39 is 0 Å². The molecule has 3 nitrogen and oxygen atoms in total. The molecule has 1 saturated carbocycles. The summed E-state index contributed by atoms with van der Waals surface area (Å²) in [4.78, 5) is 4.34. The van der Waals surface area contributed by atoms with Crippen LogP contribution in [0.5, 0.6) is 0 Å². The predicted octanol–water partition coefficient (Wildman–Crippen LogP) is 2.07. The molecule has 1 aliphatic carbocycles. The summed E-state index contributed by atoms with van der Waals surface area (Å²) in [7, 11) is 0. The van der Waals surface area contributed by atoms with Crippen LogP contribution in [0, 0.1) is 6.92 Å². The van der Waals surface area contributed by atoms with E-state index in [0.717, 1.165) is 18.7 Å². The van der Waals surface area contributed by atoms with E-state index in [2.05, 4.69) is 16.4 Å². The molecule has 1 fully saturated rings. The molecule has 3 N–H and O–H groups in total. The molecule has 2 rings (SSSR count). The number of aryl methyl sites for hydroxylation is 1. The number of nitrogens with one attached hydrogen (secondary N) is 1. The minimum Gasteiger partial charge on any atom is -0.366 e. The van der Waals surface area contributed by atoms with E-state index >= 15 is 0 Å². The van der Waals surface area contributed by atoms with E-state index in [-0.39, 0.29) is 6.04 Å². The van der Waals surface area contributed by atoms with Gasteiger partial charge in [-0.25, -0.2) is 4.98 Å². The molecule has 0 amide bonds. The Labute approximate surface area is 91.1 Å². The van der Waals surface area contributed by atoms with E-state index in [9.17, 15) is 0 Å².